The molecule has 1 fully saturated rings. The van der Waals surface area contributed by atoms with Crippen LogP contribution >= 0.6 is 23.3 Å². The van der Waals surface area contributed by atoms with Gasteiger partial charge >= 0.3 is 5.97 Å². The molecule has 2 aliphatic rings. The summed E-state index contributed by atoms with van der Waals surface area (Å²) in [6.45, 7) is 1.74. The van der Waals surface area contributed by atoms with Crippen LogP contribution in [0, 0.1) is 0 Å². The predicted octanol–water partition coefficient (Wildman–Crippen LogP) is 3.38. The summed E-state index contributed by atoms with van der Waals surface area (Å²) in [7, 11) is 0. The van der Waals surface area contributed by atoms with Crippen molar-refractivity contribution >= 4 is 51.9 Å². The quantitative estimate of drug-likeness (QED) is 0.0591. The lowest BCUT2D eigenvalue weighted by molar-refractivity contribution is -0.150. The summed E-state index contributed by atoms with van der Waals surface area (Å²) in [5.41, 5.74) is 1.02. The second-order valence-corrected chi connectivity index (χ2v) is 13.9. The van der Waals surface area contributed by atoms with Crippen molar-refractivity contribution in [1.29, 1.82) is 0 Å². The van der Waals surface area contributed by atoms with Crippen molar-refractivity contribution in [1.82, 2.24) is 29.4 Å². The summed E-state index contributed by atoms with van der Waals surface area (Å²) in [4.78, 5) is 62.3. The molecule has 2 aliphatic heterocycles. The molecule has 1 saturated heterocycles. The number of rotatable bonds is 13. The van der Waals surface area contributed by atoms with Gasteiger partial charge < -0.3 is 25.7 Å². The molecule has 3 aromatic carbocycles. The second kappa shape index (κ2) is 15.3. The lowest BCUT2D eigenvalue weighted by Crippen LogP contribution is -2.71. The van der Waals surface area contributed by atoms with Crippen LogP contribution in [-0.2, 0) is 31.3 Å². The summed E-state index contributed by atoms with van der Waals surface area (Å²) in [6.07, 6.45) is 2.00. The van der Waals surface area contributed by atoms with E-state index in [-0.39, 0.29) is 36.1 Å². The summed E-state index contributed by atoms with van der Waals surface area (Å²) in [6, 6.07) is 28.6. The molecule has 7 rings (SSSR count). The molecule has 2 atom stereocenters. The number of aromatic hydroxyl groups is 1. The molecule has 0 radical (unpaired) electrons. The molecule has 15 nitrogen and oxygen atoms in total. The highest BCUT2D eigenvalue weighted by molar-refractivity contribution is 8.00. The minimum atomic E-state index is -1.35. The van der Waals surface area contributed by atoms with Crippen LogP contribution in [0.1, 0.15) is 29.4 Å². The maximum atomic E-state index is 13.8. The van der Waals surface area contributed by atoms with Gasteiger partial charge in [-0.15, -0.1) is 11.8 Å². The minimum absolute atomic E-state index is 0.0401. The molecular formula is C37H32N8O7S2. The standard InChI is InChI=1S/C37H32N8O7S2/c1-2-52-42-28(32(48)39-29-33(49)45-30(35(50)51)22(21-53-34(29)45)19-44-20-27(47)26(46)18-38-44)31-40-36(54-43-31)41-37(23-12-6-3-7-13-23,24-14-8-4-9-15-24)25-16-10-5-11-17-25/h3-18,20,29,34,47H,2,19,21H2,1H3,(H,39,48)(H,50,51)(H,40,41,43)/t29-,34+/m1/s1. The number of β-lactam (4-membered cyclic amide) rings is 1. The van der Waals surface area contributed by atoms with E-state index in [1.54, 1.807) is 6.92 Å². The summed E-state index contributed by atoms with van der Waals surface area (Å²) >= 11 is 2.27. The number of thioether (sulfide) groups is 1. The van der Waals surface area contributed by atoms with Gasteiger partial charge in [0.2, 0.25) is 22.1 Å². The van der Waals surface area contributed by atoms with Crippen LogP contribution in [0.15, 0.2) is 125 Å². The van der Waals surface area contributed by atoms with Gasteiger partial charge in [-0.05, 0) is 29.2 Å². The number of nitrogens with one attached hydrogen (secondary N) is 2. The maximum absolute atomic E-state index is 13.8. The Morgan fingerprint density at radius 1 is 0.981 bits per heavy atom. The van der Waals surface area contributed by atoms with Gasteiger partial charge in [0.15, 0.2) is 5.75 Å². The molecule has 0 spiro atoms. The Hall–Kier alpha value is -6.33. The Balaban J connectivity index is 1.15. The molecule has 0 aliphatic carbocycles. The molecule has 0 unspecified atom stereocenters. The molecule has 274 valence electrons. The highest BCUT2D eigenvalue weighted by Crippen LogP contribution is 2.42. The molecular weight excluding hydrogens is 733 g/mol. The predicted molar refractivity (Wildman–Crippen MR) is 201 cm³/mol. The zero-order chi connectivity index (χ0) is 37.8. The largest absolute Gasteiger partial charge is 0.503 e. The van der Waals surface area contributed by atoms with Crippen molar-refractivity contribution in [3.05, 3.63) is 147 Å². The summed E-state index contributed by atoms with van der Waals surface area (Å²) in [5, 5.41) is 33.8. The molecule has 0 bridgehead atoms. The van der Waals surface area contributed by atoms with E-state index in [1.165, 1.54) is 16.4 Å². The molecule has 2 aromatic heterocycles. The Morgan fingerprint density at radius 3 is 2.15 bits per heavy atom. The fourth-order valence-corrected chi connectivity index (χ4v) is 8.31. The average molecular weight is 765 g/mol. The van der Waals surface area contributed by atoms with E-state index in [4.69, 9.17) is 4.84 Å². The Labute approximate surface area is 316 Å². The Bertz CT molecular complexity index is 2220. The zero-order valence-corrected chi connectivity index (χ0v) is 30.2. The third-order valence-corrected chi connectivity index (χ3v) is 10.8. The first kappa shape index (κ1) is 36.0. The molecule has 4 heterocycles. The first-order chi connectivity index (χ1) is 26.2. The normalized spacial score (nSPS) is 17.0. The van der Waals surface area contributed by atoms with E-state index in [0.717, 1.165) is 45.5 Å². The molecule has 2 amide bonds. The number of fused-ring (bicyclic) bond motifs is 1. The number of carboxylic acid groups (broad SMARTS) is 1. The molecule has 5 aromatic rings. The van der Waals surface area contributed by atoms with Crippen molar-refractivity contribution in [3.63, 3.8) is 0 Å². The highest BCUT2D eigenvalue weighted by Gasteiger charge is 2.54. The molecule has 17 heteroatoms. The average Bonchev–Trinajstić information content (AvgIpc) is 3.66. The number of carboxylic acids is 1. The van der Waals surface area contributed by atoms with Gasteiger partial charge in [-0.25, -0.2) is 4.79 Å². The summed E-state index contributed by atoms with van der Waals surface area (Å²) < 4.78 is 5.68. The number of carbonyl (C=O) groups excluding carboxylic acids is 2. The van der Waals surface area contributed by atoms with Gasteiger partial charge in [-0.1, -0.05) is 96.2 Å². The number of anilines is 1. The fourth-order valence-electron chi connectivity index (χ4n) is 6.35. The Kier molecular flexibility index (Phi) is 10.2. The topological polar surface area (TPSA) is 201 Å². The number of aliphatic carboxylic acids is 1. The smallest absolute Gasteiger partial charge is 0.352 e. The first-order valence-corrected chi connectivity index (χ1v) is 18.5. The number of carbonyl (C=O) groups is 3. The van der Waals surface area contributed by atoms with E-state index in [9.17, 15) is 29.4 Å². The fraction of sp³-hybridized carbons (Fsp3) is 0.189. The molecule has 0 saturated carbocycles. The van der Waals surface area contributed by atoms with Gasteiger partial charge in [0.25, 0.3) is 11.8 Å². The van der Waals surface area contributed by atoms with Crippen molar-refractivity contribution in [2.24, 2.45) is 5.16 Å². The van der Waals surface area contributed by atoms with Gasteiger partial charge in [0.1, 0.15) is 29.3 Å². The third kappa shape index (κ3) is 6.81. The van der Waals surface area contributed by atoms with Crippen LogP contribution in [-0.4, -0.2) is 81.5 Å². The summed E-state index contributed by atoms with van der Waals surface area (Å²) in [5.74, 6) is -3.19. The lowest BCUT2D eigenvalue weighted by atomic mass is 9.77. The minimum Gasteiger partial charge on any atom is -0.503 e. The first-order valence-electron chi connectivity index (χ1n) is 16.7. The van der Waals surface area contributed by atoms with Crippen LogP contribution in [0.5, 0.6) is 5.75 Å². The van der Waals surface area contributed by atoms with E-state index in [1.807, 2.05) is 91.0 Å². The van der Waals surface area contributed by atoms with Crippen LogP contribution < -0.4 is 16.1 Å². The Morgan fingerprint density at radius 2 is 1.59 bits per heavy atom. The third-order valence-electron chi connectivity index (χ3n) is 8.79. The van der Waals surface area contributed by atoms with Crippen molar-refractivity contribution in [2.45, 2.75) is 30.4 Å². The molecule has 4 N–H and O–H groups in total. The van der Waals surface area contributed by atoms with E-state index < -0.39 is 45.9 Å². The van der Waals surface area contributed by atoms with E-state index in [2.05, 4.69) is 30.2 Å². The number of amides is 2. The second-order valence-electron chi connectivity index (χ2n) is 12.1. The van der Waals surface area contributed by atoms with Crippen LogP contribution in [0.3, 0.4) is 0 Å². The lowest BCUT2D eigenvalue weighted by Gasteiger charge is -2.49. The van der Waals surface area contributed by atoms with Crippen molar-refractivity contribution in [3.8, 4) is 5.75 Å². The number of hydrogen-bond donors (Lipinski definition) is 4. The van der Waals surface area contributed by atoms with E-state index in [0.29, 0.717) is 10.7 Å². The number of nitrogens with zero attached hydrogens (tertiary/aromatic N) is 6. The van der Waals surface area contributed by atoms with Gasteiger partial charge in [0.05, 0.1) is 18.9 Å². The SMILES string of the molecule is CCON=C(C(=O)N[C@@H]1C(=O)N2C(C(=O)O)=C(Cn3cc(O)c(=O)cn3)CS[C@@H]12)c1nsc(NC(c2ccccc2)(c2ccccc2)c2ccccc2)n1. The number of oxime groups is 1. The van der Waals surface area contributed by atoms with Crippen LogP contribution in [0.2, 0.25) is 0 Å². The van der Waals surface area contributed by atoms with Gasteiger partial charge in [0, 0.05) is 17.3 Å². The van der Waals surface area contributed by atoms with Gasteiger partial charge in [-0.3, -0.25) is 24.0 Å². The van der Waals surface area contributed by atoms with Gasteiger partial charge in [-0.2, -0.15) is 14.5 Å². The number of benzene rings is 3. The number of aromatic nitrogens is 4. The van der Waals surface area contributed by atoms with Crippen LogP contribution in [0.4, 0.5) is 5.13 Å². The number of hydrogen-bond acceptors (Lipinski definition) is 13. The monoisotopic (exact) mass is 764 g/mol. The maximum Gasteiger partial charge on any atom is 0.352 e. The van der Waals surface area contributed by atoms with Crippen molar-refractivity contribution < 1.29 is 29.4 Å². The highest BCUT2D eigenvalue weighted by atomic mass is 32.2. The molecule has 54 heavy (non-hydrogen) atoms. The van der Waals surface area contributed by atoms with E-state index >= 15 is 0 Å². The van der Waals surface area contributed by atoms with Crippen molar-refractivity contribution in [2.75, 3.05) is 17.7 Å². The zero-order valence-electron chi connectivity index (χ0n) is 28.5. The van der Waals surface area contributed by atoms with Crippen LogP contribution in [0.25, 0.3) is 0 Å².